The quantitative estimate of drug-likeness (QED) is 0.655. The van der Waals surface area contributed by atoms with Crippen molar-refractivity contribution in [1.29, 1.82) is 0 Å². The van der Waals surface area contributed by atoms with Gasteiger partial charge in [-0.1, -0.05) is 32.0 Å². The van der Waals surface area contributed by atoms with Crippen molar-refractivity contribution in [1.82, 2.24) is 10.6 Å². The maximum Gasteiger partial charge on any atom is 0.257 e. The summed E-state index contributed by atoms with van der Waals surface area (Å²) < 4.78 is 24.1. The third-order valence-corrected chi connectivity index (χ3v) is 4.48. The highest BCUT2D eigenvalue weighted by atomic mass is 19.1. The highest BCUT2D eigenvalue weighted by molar-refractivity contribution is 5.77. The molecule has 2 rings (SSSR count). The van der Waals surface area contributed by atoms with Gasteiger partial charge in [0, 0.05) is 25.0 Å². The highest BCUT2D eigenvalue weighted by Gasteiger charge is 2.20. The highest BCUT2D eigenvalue weighted by Crippen LogP contribution is 2.28. The van der Waals surface area contributed by atoms with E-state index in [-0.39, 0.29) is 23.7 Å². The van der Waals surface area contributed by atoms with Crippen molar-refractivity contribution < 1.29 is 18.7 Å². The standard InChI is InChI=1S/C22H29FN2O3/c1-5-25-21(26)14-28-19-11-6-16(12-20(19)27-4)13-24-15-22(2,3)17-7-9-18(23)10-8-17/h6-12,24H,5,13-15H2,1-4H3,(H,25,26). The Labute approximate surface area is 166 Å². The minimum Gasteiger partial charge on any atom is -0.493 e. The first-order valence-corrected chi connectivity index (χ1v) is 9.39. The zero-order chi connectivity index (χ0) is 20.6. The second-order valence-corrected chi connectivity index (χ2v) is 7.22. The summed E-state index contributed by atoms with van der Waals surface area (Å²) in [5.74, 6) is 0.720. The van der Waals surface area contributed by atoms with Crippen molar-refractivity contribution in [3.63, 3.8) is 0 Å². The van der Waals surface area contributed by atoms with Crippen molar-refractivity contribution in [3.8, 4) is 11.5 Å². The number of carbonyl (C=O) groups excluding carboxylic acids is 1. The van der Waals surface area contributed by atoms with Crippen LogP contribution in [0.2, 0.25) is 0 Å². The molecule has 0 atom stereocenters. The first-order chi connectivity index (χ1) is 13.4. The zero-order valence-electron chi connectivity index (χ0n) is 17.0. The van der Waals surface area contributed by atoms with Gasteiger partial charge in [-0.15, -0.1) is 0 Å². The molecule has 0 radical (unpaired) electrons. The largest absolute Gasteiger partial charge is 0.493 e. The van der Waals surface area contributed by atoms with Crippen LogP contribution in [0.15, 0.2) is 42.5 Å². The average Bonchev–Trinajstić information content (AvgIpc) is 2.67. The topological polar surface area (TPSA) is 59.6 Å². The van der Waals surface area contributed by atoms with Gasteiger partial charge in [0.15, 0.2) is 18.1 Å². The van der Waals surface area contributed by atoms with Gasteiger partial charge in [0.25, 0.3) is 5.91 Å². The molecule has 0 aliphatic carbocycles. The average molecular weight is 388 g/mol. The van der Waals surface area contributed by atoms with Crippen LogP contribution in [0.1, 0.15) is 31.9 Å². The smallest absolute Gasteiger partial charge is 0.257 e. The molecule has 0 fully saturated rings. The van der Waals surface area contributed by atoms with Gasteiger partial charge < -0.3 is 20.1 Å². The van der Waals surface area contributed by atoms with Crippen molar-refractivity contribution in [2.24, 2.45) is 0 Å². The van der Waals surface area contributed by atoms with E-state index in [4.69, 9.17) is 9.47 Å². The minimum absolute atomic E-state index is 0.0480. The maximum atomic E-state index is 13.1. The zero-order valence-corrected chi connectivity index (χ0v) is 17.0. The molecular weight excluding hydrogens is 359 g/mol. The Bertz CT molecular complexity index is 776. The van der Waals surface area contributed by atoms with Gasteiger partial charge in [0.05, 0.1) is 7.11 Å². The number of methoxy groups -OCH3 is 1. The minimum atomic E-state index is -0.228. The number of ether oxygens (including phenoxy) is 2. The first-order valence-electron chi connectivity index (χ1n) is 9.39. The summed E-state index contributed by atoms with van der Waals surface area (Å²) in [4.78, 5) is 11.5. The van der Waals surface area contributed by atoms with Gasteiger partial charge in [-0.05, 0) is 42.3 Å². The lowest BCUT2D eigenvalue weighted by molar-refractivity contribution is -0.123. The molecule has 0 saturated heterocycles. The fourth-order valence-corrected chi connectivity index (χ4v) is 2.86. The molecule has 2 N–H and O–H groups in total. The number of nitrogens with one attached hydrogen (secondary N) is 2. The van der Waals surface area contributed by atoms with E-state index in [2.05, 4.69) is 24.5 Å². The molecule has 6 heteroatoms. The molecule has 0 aliphatic heterocycles. The number of hydrogen-bond acceptors (Lipinski definition) is 4. The van der Waals surface area contributed by atoms with Gasteiger partial charge in [-0.25, -0.2) is 4.39 Å². The van der Waals surface area contributed by atoms with Crippen LogP contribution in [-0.4, -0.2) is 32.7 Å². The number of halogens is 1. The third-order valence-electron chi connectivity index (χ3n) is 4.48. The molecule has 0 saturated carbocycles. The van der Waals surface area contributed by atoms with Crippen molar-refractivity contribution in [2.75, 3.05) is 26.8 Å². The third kappa shape index (κ3) is 6.23. The number of likely N-dealkylation sites (N-methyl/N-ethyl adjacent to an activating group) is 1. The molecule has 0 unspecified atom stereocenters. The lowest BCUT2D eigenvalue weighted by atomic mass is 9.84. The summed E-state index contributed by atoms with van der Waals surface area (Å²) >= 11 is 0. The Kier molecular flexibility index (Phi) is 7.81. The van der Waals surface area contributed by atoms with Gasteiger partial charge in [-0.2, -0.15) is 0 Å². The monoisotopic (exact) mass is 388 g/mol. The second-order valence-electron chi connectivity index (χ2n) is 7.22. The molecule has 1 amide bonds. The van der Waals surface area contributed by atoms with E-state index < -0.39 is 0 Å². The summed E-state index contributed by atoms with van der Waals surface area (Å²) in [5, 5.41) is 6.13. The molecule has 0 aliphatic rings. The van der Waals surface area contributed by atoms with Crippen LogP contribution >= 0.6 is 0 Å². The summed E-state index contributed by atoms with van der Waals surface area (Å²) in [5.41, 5.74) is 1.98. The Morgan fingerprint density at radius 3 is 2.46 bits per heavy atom. The Hall–Kier alpha value is -2.60. The van der Waals surface area contributed by atoms with Crippen LogP contribution in [0.25, 0.3) is 0 Å². The first kappa shape index (κ1) is 21.7. The maximum absolute atomic E-state index is 13.1. The molecule has 0 heterocycles. The number of hydrogen-bond donors (Lipinski definition) is 2. The summed E-state index contributed by atoms with van der Waals surface area (Å²) in [6.07, 6.45) is 0. The SMILES string of the molecule is CCNC(=O)COc1ccc(CNCC(C)(C)c2ccc(F)cc2)cc1OC. The number of carbonyl (C=O) groups is 1. The summed E-state index contributed by atoms with van der Waals surface area (Å²) in [6.45, 7) is 8.00. The molecule has 0 spiro atoms. The predicted molar refractivity (Wildman–Crippen MR) is 108 cm³/mol. The van der Waals surface area contributed by atoms with Crippen molar-refractivity contribution in [2.45, 2.75) is 32.7 Å². The lowest BCUT2D eigenvalue weighted by Gasteiger charge is -2.26. The molecule has 2 aromatic carbocycles. The van der Waals surface area contributed by atoms with Gasteiger partial charge in [-0.3, -0.25) is 4.79 Å². The van der Waals surface area contributed by atoms with E-state index in [0.29, 0.717) is 24.6 Å². The normalized spacial score (nSPS) is 11.2. The summed E-state index contributed by atoms with van der Waals surface area (Å²) in [7, 11) is 1.57. The molecular formula is C22H29FN2O3. The molecule has 5 nitrogen and oxygen atoms in total. The Morgan fingerprint density at radius 2 is 1.82 bits per heavy atom. The van der Waals surface area contributed by atoms with Crippen LogP contribution in [0, 0.1) is 5.82 Å². The van der Waals surface area contributed by atoms with Crippen LogP contribution < -0.4 is 20.1 Å². The Balaban J connectivity index is 1.93. The van der Waals surface area contributed by atoms with E-state index in [1.807, 2.05) is 31.2 Å². The van der Waals surface area contributed by atoms with Crippen LogP contribution in [0.5, 0.6) is 11.5 Å². The van der Waals surface area contributed by atoms with E-state index in [1.54, 1.807) is 13.2 Å². The molecule has 0 aromatic heterocycles. The van der Waals surface area contributed by atoms with Crippen molar-refractivity contribution >= 4 is 5.91 Å². The van der Waals surface area contributed by atoms with Crippen LogP contribution in [-0.2, 0) is 16.8 Å². The van der Waals surface area contributed by atoms with Crippen LogP contribution in [0.4, 0.5) is 4.39 Å². The summed E-state index contributed by atoms with van der Waals surface area (Å²) in [6, 6.07) is 12.3. The molecule has 28 heavy (non-hydrogen) atoms. The predicted octanol–water partition coefficient (Wildman–Crippen LogP) is 3.42. The van der Waals surface area contributed by atoms with E-state index in [9.17, 15) is 9.18 Å². The fraction of sp³-hybridized carbons (Fsp3) is 0.409. The second kappa shape index (κ2) is 10.1. The lowest BCUT2D eigenvalue weighted by Crippen LogP contribution is -2.32. The molecule has 0 bridgehead atoms. The van der Waals surface area contributed by atoms with E-state index in [1.165, 1.54) is 12.1 Å². The van der Waals surface area contributed by atoms with Gasteiger partial charge >= 0.3 is 0 Å². The number of amides is 1. The molecule has 2 aromatic rings. The van der Waals surface area contributed by atoms with Crippen molar-refractivity contribution in [3.05, 3.63) is 59.4 Å². The Morgan fingerprint density at radius 1 is 1.11 bits per heavy atom. The number of rotatable bonds is 10. The van der Waals surface area contributed by atoms with E-state index in [0.717, 1.165) is 17.7 Å². The molecule has 152 valence electrons. The fourth-order valence-electron chi connectivity index (χ4n) is 2.86. The number of benzene rings is 2. The van der Waals surface area contributed by atoms with Gasteiger partial charge in [0.1, 0.15) is 5.82 Å². The van der Waals surface area contributed by atoms with Gasteiger partial charge in [0.2, 0.25) is 0 Å². The van der Waals surface area contributed by atoms with Crippen LogP contribution in [0.3, 0.4) is 0 Å². The van der Waals surface area contributed by atoms with E-state index >= 15 is 0 Å².